The Balaban J connectivity index is 1.97. The fourth-order valence-corrected chi connectivity index (χ4v) is 4.13. The lowest BCUT2D eigenvalue weighted by molar-refractivity contribution is -0.140. The van der Waals surface area contributed by atoms with Crippen molar-refractivity contribution in [2.75, 3.05) is 7.05 Å². The van der Waals surface area contributed by atoms with E-state index in [1.54, 1.807) is 36.2 Å². The summed E-state index contributed by atoms with van der Waals surface area (Å²) in [5.41, 5.74) is 2.34. The van der Waals surface area contributed by atoms with Gasteiger partial charge in [0.05, 0.1) is 6.42 Å². The van der Waals surface area contributed by atoms with E-state index in [4.69, 9.17) is 34.8 Å². The van der Waals surface area contributed by atoms with Crippen molar-refractivity contribution in [1.29, 1.82) is 0 Å². The van der Waals surface area contributed by atoms with E-state index in [1.165, 1.54) is 0 Å². The molecule has 1 N–H and O–H groups in total. The molecular formula is C25H23Cl3N2O2. The van der Waals surface area contributed by atoms with Crippen LogP contribution in [0.15, 0.2) is 72.8 Å². The van der Waals surface area contributed by atoms with Gasteiger partial charge in [0, 0.05) is 35.1 Å². The highest BCUT2D eigenvalue weighted by molar-refractivity contribution is 6.35. The second-order valence-corrected chi connectivity index (χ2v) is 8.60. The summed E-state index contributed by atoms with van der Waals surface area (Å²) in [6.45, 7) is 0.189. The fourth-order valence-electron chi connectivity index (χ4n) is 3.46. The van der Waals surface area contributed by atoms with Crippen LogP contribution in [0.5, 0.6) is 0 Å². The molecule has 166 valence electrons. The molecule has 0 aliphatic heterocycles. The summed E-state index contributed by atoms with van der Waals surface area (Å²) in [4.78, 5) is 28.0. The lowest BCUT2D eigenvalue weighted by atomic mass is 10.0. The van der Waals surface area contributed by atoms with Crippen LogP contribution < -0.4 is 5.32 Å². The summed E-state index contributed by atoms with van der Waals surface area (Å²) in [5, 5.41) is 4.12. The summed E-state index contributed by atoms with van der Waals surface area (Å²) in [6, 6.07) is 21.2. The molecular weight excluding hydrogens is 467 g/mol. The molecule has 0 heterocycles. The molecule has 0 bridgehead atoms. The molecule has 0 saturated carbocycles. The first-order valence-electron chi connectivity index (χ1n) is 10.1. The number of hydrogen-bond acceptors (Lipinski definition) is 2. The van der Waals surface area contributed by atoms with Gasteiger partial charge in [0.25, 0.3) is 0 Å². The average Bonchev–Trinajstić information content (AvgIpc) is 2.79. The molecule has 3 aromatic carbocycles. The Morgan fingerprint density at radius 3 is 2.22 bits per heavy atom. The number of nitrogens with one attached hydrogen (secondary N) is 1. The molecule has 2 amide bonds. The van der Waals surface area contributed by atoms with Crippen molar-refractivity contribution in [3.05, 3.63) is 105 Å². The van der Waals surface area contributed by atoms with Crippen LogP contribution in [0, 0.1) is 0 Å². The van der Waals surface area contributed by atoms with E-state index in [2.05, 4.69) is 5.32 Å². The molecule has 3 rings (SSSR count). The molecule has 0 spiro atoms. The second kappa shape index (κ2) is 11.4. The molecule has 32 heavy (non-hydrogen) atoms. The summed E-state index contributed by atoms with van der Waals surface area (Å²) < 4.78 is 0. The monoisotopic (exact) mass is 488 g/mol. The second-order valence-electron chi connectivity index (χ2n) is 7.35. The smallest absolute Gasteiger partial charge is 0.242 e. The van der Waals surface area contributed by atoms with Crippen LogP contribution in [-0.2, 0) is 29.0 Å². The maximum absolute atomic E-state index is 13.5. The zero-order valence-electron chi connectivity index (χ0n) is 17.5. The maximum atomic E-state index is 13.5. The van der Waals surface area contributed by atoms with E-state index in [-0.39, 0.29) is 24.8 Å². The van der Waals surface area contributed by atoms with Gasteiger partial charge in [-0.15, -0.1) is 0 Å². The zero-order valence-corrected chi connectivity index (χ0v) is 19.8. The van der Waals surface area contributed by atoms with Crippen LogP contribution >= 0.6 is 34.8 Å². The number of hydrogen-bond donors (Lipinski definition) is 1. The minimum Gasteiger partial charge on any atom is -0.357 e. The van der Waals surface area contributed by atoms with Gasteiger partial charge in [0.1, 0.15) is 6.04 Å². The van der Waals surface area contributed by atoms with Crippen molar-refractivity contribution in [2.24, 2.45) is 0 Å². The Morgan fingerprint density at radius 2 is 1.56 bits per heavy atom. The topological polar surface area (TPSA) is 49.4 Å². The number of carbonyl (C=O) groups is 2. The Kier molecular flexibility index (Phi) is 8.57. The molecule has 3 aromatic rings. The minimum atomic E-state index is -0.725. The van der Waals surface area contributed by atoms with Crippen molar-refractivity contribution < 1.29 is 9.59 Å². The minimum absolute atomic E-state index is 0.0305. The molecule has 4 nitrogen and oxygen atoms in total. The number of amides is 2. The van der Waals surface area contributed by atoms with Crippen molar-refractivity contribution in [1.82, 2.24) is 10.2 Å². The third-order valence-electron chi connectivity index (χ3n) is 5.17. The molecule has 0 radical (unpaired) electrons. The van der Waals surface area contributed by atoms with Crippen LogP contribution in [0.25, 0.3) is 0 Å². The first-order valence-corrected chi connectivity index (χ1v) is 11.2. The molecule has 0 aliphatic carbocycles. The first kappa shape index (κ1) is 24.1. The Morgan fingerprint density at radius 1 is 0.875 bits per heavy atom. The van der Waals surface area contributed by atoms with Crippen LogP contribution in [0.4, 0.5) is 0 Å². The fraction of sp³-hybridized carbons (Fsp3) is 0.200. The normalized spacial score (nSPS) is 11.6. The first-order chi connectivity index (χ1) is 15.4. The van der Waals surface area contributed by atoms with Gasteiger partial charge < -0.3 is 10.2 Å². The van der Waals surface area contributed by atoms with E-state index in [0.717, 1.165) is 11.1 Å². The molecule has 1 atom stereocenters. The van der Waals surface area contributed by atoms with Gasteiger partial charge >= 0.3 is 0 Å². The lowest BCUT2D eigenvalue weighted by Gasteiger charge is -2.31. The van der Waals surface area contributed by atoms with E-state index in [0.29, 0.717) is 27.1 Å². The van der Waals surface area contributed by atoms with Gasteiger partial charge in [-0.25, -0.2) is 0 Å². The number of likely N-dealkylation sites (N-methyl/N-ethyl adjacent to an activating group) is 1. The van der Waals surface area contributed by atoms with Crippen LogP contribution in [0.1, 0.15) is 16.7 Å². The van der Waals surface area contributed by atoms with Gasteiger partial charge in [-0.2, -0.15) is 0 Å². The quantitative estimate of drug-likeness (QED) is 0.449. The predicted octanol–water partition coefficient (Wildman–Crippen LogP) is 5.58. The van der Waals surface area contributed by atoms with Crippen LogP contribution in [-0.4, -0.2) is 29.8 Å². The van der Waals surface area contributed by atoms with Crippen molar-refractivity contribution in [3.8, 4) is 0 Å². The predicted molar refractivity (Wildman–Crippen MR) is 130 cm³/mol. The van der Waals surface area contributed by atoms with Gasteiger partial charge in [0.15, 0.2) is 0 Å². The summed E-state index contributed by atoms with van der Waals surface area (Å²) in [5.74, 6) is -0.491. The number of rotatable bonds is 8. The Hall–Kier alpha value is -2.53. The third kappa shape index (κ3) is 6.26. The summed E-state index contributed by atoms with van der Waals surface area (Å²) in [7, 11) is 1.56. The highest BCUT2D eigenvalue weighted by Gasteiger charge is 2.30. The van der Waals surface area contributed by atoms with E-state index in [9.17, 15) is 9.59 Å². The largest absolute Gasteiger partial charge is 0.357 e. The van der Waals surface area contributed by atoms with Crippen LogP contribution in [0.3, 0.4) is 0 Å². The zero-order chi connectivity index (χ0) is 23.1. The molecule has 0 saturated heterocycles. The van der Waals surface area contributed by atoms with E-state index in [1.807, 2.05) is 48.5 Å². The van der Waals surface area contributed by atoms with Crippen molar-refractivity contribution in [3.63, 3.8) is 0 Å². The standard InChI is InChI=1S/C25H23Cl3N2O2/c1-29-25(32)23(13-17-7-3-2-4-8-17)30(16-19-9-5-6-10-21(19)27)24(31)14-18-11-12-20(26)15-22(18)28/h2-12,15,23H,13-14,16H2,1H3,(H,29,32)/t23-/m0/s1. The van der Waals surface area contributed by atoms with Crippen molar-refractivity contribution >= 4 is 46.6 Å². The van der Waals surface area contributed by atoms with E-state index < -0.39 is 6.04 Å². The van der Waals surface area contributed by atoms with Gasteiger partial charge in [-0.05, 0) is 34.9 Å². The summed E-state index contributed by atoms with van der Waals surface area (Å²) in [6.07, 6.45) is 0.397. The van der Waals surface area contributed by atoms with Crippen molar-refractivity contribution in [2.45, 2.75) is 25.4 Å². The molecule has 0 aromatic heterocycles. The highest BCUT2D eigenvalue weighted by atomic mass is 35.5. The third-order valence-corrected chi connectivity index (χ3v) is 6.13. The highest BCUT2D eigenvalue weighted by Crippen LogP contribution is 2.24. The van der Waals surface area contributed by atoms with Gasteiger partial charge in [-0.1, -0.05) is 89.4 Å². The molecule has 7 heteroatoms. The number of nitrogens with zero attached hydrogens (tertiary/aromatic N) is 1. The molecule has 0 unspecified atom stereocenters. The Labute approximate surface area is 203 Å². The average molecular weight is 490 g/mol. The lowest BCUT2D eigenvalue weighted by Crippen LogP contribution is -2.50. The van der Waals surface area contributed by atoms with Crippen LogP contribution in [0.2, 0.25) is 15.1 Å². The maximum Gasteiger partial charge on any atom is 0.242 e. The SMILES string of the molecule is CNC(=O)[C@H](Cc1ccccc1)N(Cc1ccccc1Cl)C(=O)Cc1ccc(Cl)cc1Cl. The van der Waals surface area contributed by atoms with E-state index >= 15 is 0 Å². The number of carbonyl (C=O) groups excluding carboxylic acids is 2. The number of benzene rings is 3. The summed E-state index contributed by atoms with van der Waals surface area (Å²) >= 11 is 18.7. The number of halogens is 3. The van der Waals surface area contributed by atoms with Gasteiger partial charge in [-0.3, -0.25) is 9.59 Å². The van der Waals surface area contributed by atoms with Gasteiger partial charge in [0.2, 0.25) is 11.8 Å². The Bertz CT molecular complexity index is 1090. The molecule has 0 fully saturated rings. The molecule has 0 aliphatic rings.